The Kier molecular flexibility index (Phi) is 7.27. The lowest BCUT2D eigenvalue weighted by Crippen LogP contribution is -2.48. The van der Waals surface area contributed by atoms with Gasteiger partial charge in [-0.3, -0.25) is 0 Å². The predicted octanol–water partition coefficient (Wildman–Crippen LogP) is 5.40. The summed E-state index contributed by atoms with van der Waals surface area (Å²) in [4.78, 5) is 0. The molecule has 0 aromatic carbocycles. The first kappa shape index (κ1) is 19.8. The smallest absolute Gasteiger partial charge is 0.130 e. The van der Waals surface area contributed by atoms with Crippen molar-refractivity contribution in [3.8, 4) is 5.40 Å². The van der Waals surface area contributed by atoms with Gasteiger partial charge in [-0.15, -0.1) is 0 Å². The van der Waals surface area contributed by atoms with Gasteiger partial charge in [0.1, 0.15) is 5.40 Å². The first-order chi connectivity index (χ1) is 10.1. The lowest BCUT2D eigenvalue weighted by Gasteiger charge is -2.44. The number of hydrogen-bond donors (Lipinski definition) is 2. The summed E-state index contributed by atoms with van der Waals surface area (Å²) in [5.74, 6) is 1.77. The van der Waals surface area contributed by atoms with E-state index < -0.39 is 0 Å². The molecule has 0 aromatic heterocycles. The molecule has 2 aliphatic carbocycles. The molecule has 0 radical (unpaired) electrons. The van der Waals surface area contributed by atoms with Crippen LogP contribution in [0, 0.1) is 33.3 Å². The molecule has 2 rings (SSSR count). The van der Waals surface area contributed by atoms with E-state index in [9.17, 15) is 0 Å². The summed E-state index contributed by atoms with van der Waals surface area (Å²) in [6.45, 7) is 14.7. The van der Waals surface area contributed by atoms with Crippen LogP contribution in [0.4, 0.5) is 0 Å². The van der Waals surface area contributed by atoms with Gasteiger partial charge in [0.2, 0.25) is 0 Å². The van der Waals surface area contributed by atoms with Crippen LogP contribution >= 0.6 is 12.6 Å². The maximum Gasteiger partial charge on any atom is 0.130 e. The third-order valence-electron chi connectivity index (χ3n) is 5.25. The quantitative estimate of drug-likeness (QED) is 0.527. The maximum atomic E-state index is 7.18. The average Bonchev–Trinajstić information content (AvgIpc) is 2.22. The number of thiocyanates is 1. The molecule has 0 saturated heterocycles. The normalized spacial score (nSPS) is 36.6. The molecule has 3 heteroatoms. The van der Waals surface area contributed by atoms with Crippen molar-refractivity contribution in [2.75, 3.05) is 0 Å². The molecule has 1 N–H and O–H groups in total. The van der Waals surface area contributed by atoms with Crippen molar-refractivity contribution in [3.05, 3.63) is 0 Å². The molecule has 0 bridgehead atoms. The Balaban J connectivity index is 0.000000745. The van der Waals surface area contributed by atoms with Gasteiger partial charge in [0.05, 0.1) is 0 Å². The van der Waals surface area contributed by atoms with Gasteiger partial charge in [-0.1, -0.05) is 54.2 Å². The van der Waals surface area contributed by atoms with Crippen LogP contribution in [-0.4, -0.2) is 12.1 Å². The maximum absolute atomic E-state index is 7.18. The highest BCUT2D eigenvalue weighted by Gasteiger charge is 2.36. The summed E-state index contributed by atoms with van der Waals surface area (Å²) < 4.78 is 0. The molecule has 2 aliphatic rings. The number of hydrogen-bond acceptors (Lipinski definition) is 3. The van der Waals surface area contributed by atoms with E-state index in [4.69, 9.17) is 5.26 Å². The van der Waals surface area contributed by atoms with Crippen LogP contribution in [-0.2, 0) is 0 Å². The van der Waals surface area contributed by atoms with Crippen LogP contribution in [0.15, 0.2) is 0 Å². The summed E-state index contributed by atoms with van der Waals surface area (Å²) in [5, 5.41) is 12.7. The molecule has 0 amide bonds. The Labute approximate surface area is 143 Å². The van der Waals surface area contributed by atoms with Crippen LogP contribution in [0.5, 0.6) is 0 Å². The molecular formula is C19H36N2S. The molecule has 0 aliphatic heterocycles. The Morgan fingerprint density at radius 3 is 1.45 bits per heavy atom. The number of nitriles is 1. The highest BCUT2D eigenvalue weighted by molar-refractivity contribution is 7.85. The fourth-order valence-corrected chi connectivity index (χ4v) is 5.28. The van der Waals surface area contributed by atoms with Gasteiger partial charge in [-0.2, -0.15) is 5.26 Å². The second kappa shape index (κ2) is 8.06. The van der Waals surface area contributed by atoms with Crippen molar-refractivity contribution in [2.24, 2.45) is 22.7 Å². The number of thiol groups is 1. The third kappa shape index (κ3) is 6.92. The minimum absolute atomic E-state index is 0.533. The molecule has 2 fully saturated rings. The zero-order valence-corrected chi connectivity index (χ0v) is 16.3. The summed E-state index contributed by atoms with van der Waals surface area (Å²) in [6.07, 6.45) is 8.30. The molecule has 2 saturated carbocycles. The molecule has 0 aromatic rings. The van der Waals surface area contributed by atoms with E-state index in [0.29, 0.717) is 10.8 Å². The zero-order valence-electron chi connectivity index (χ0n) is 15.4. The predicted molar refractivity (Wildman–Crippen MR) is 98.9 cm³/mol. The molecule has 2 nitrogen and oxygen atoms in total. The monoisotopic (exact) mass is 324 g/mol. The van der Waals surface area contributed by atoms with Crippen molar-refractivity contribution >= 4 is 12.6 Å². The second-order valence-corrected chi connectivity index (χ2v) is 9.69. The molecular weight excluding hydrogens is 288 g/mol. The van der Waals surface area contributed by atoms with E-state index >= 15 is 0 Å². The van der Waals surface area contributed by atoms with Crippen LogP contribution in [0.2, 0.25) is 0 Å². The summed E-state index contributed by atoms with van der Waals surface area (Å²) >= 11 is 3.09. The van der Waals surface area contributed by atoms with Gasteiger partial charge >= 0.3 is 0 Å². The molecule has 0 spiro atoms. The standard InChI is InChI=1S/C18H35N.CHNS/c1-13-7-15(11-17(3,4)9-13)19-16-8-14(2)10-18(5,6)12-16;2-1-3/h13-16,19H,7-12H2,1-6H3;3H. The number of nitrogens with zero attached hydrogens (tertiary/aromatic N) is 1. The van der Waals surface area contributed by atoms with Crippen LogP contribution in [0.1, 0.15) is 80.1 Å². The molecule has 22 heavy (non-hydrogen) atoms. The SMILES string of the molecule is CC1CC(NC2CC(C)CC(C)(C)C2)CC(C)(C)C1.N#CS. The topological polar surface area (TPSA) is 35.8 Å². The van der Waals surface area contributed by atoms with Crippen molar-refractivity contribution in [1.29, 1.82) is 5.26 Å². The van der Waals surface area contributed by atoms with Gasteiger partial charge in [-0.25, -0.2) is 0 Å². The van der Waals surface area contributed by atoms with Gasteiger partial charge < -0.3 is 5.32 Å². The van der Waals surface area contributed by atoms with E-state index in [1.165, 1.54) is 43.9 Å². The van der Waals surface area contributed by atoms with Gasteiger partial charge in [-0.05, 0) is 61.2 Å². The third-order valence-corrected chi connectivity index (χ3v) is 5.25. The van der Waals surface area contributed by atoms with Crippen LogP contribution in [0.3, 0.4) is 0 Å². The van der Waals surface area contributed by atoms with Gasteiger partial charge in [0.25, 0.3) is 0 Å². The molecule has 4 unspecified atom stereocenters. The van der Waals surface area contributed by atoms with E-state index in [2.05, 4.69) is 59.5 Å². The lowest BCUT2D eigenvalue weighted by atomic mass is 9.68. The lowest BCUT2D eigenvalue weighted by molar-refractivity contribution is 0.106. The molecule has 128 valence electrons. The Bertz CT molecular complexity index is 353. The Morgan fingerprint density at radius 2 is 1.18 bits per heavy atom. The number of nitrogens with one attached hydrogen (secondary N) is 1. The first-order valence-electron chi connectivity index (χ1n) is 8.86. The Morgan fingerprint density at radius 1 is 0.864 bits per heavy atom. The van der Waals surface area contributed by atoms with Crippen LogP contribution in [0.25, 0.3) is 0 Å². The minimum Gasteiger partial charge on any atom is -0.311 e. The van der Waals surface area contributed by atoms with E-state index in [1.54, 1.807) is 0 Å². The van der Waals surface area contributed by atoms with Crippen molar-refractivity contribution in [1.82, 2.24) is 5.32 Å². The summed E-state index contributed by atoms with van der Waals surface area (Å²) in [5.41, 5.74) is 1.07. The summed E-state index contributed by atoms with van der Waals surface area (Å²) in [7, 11) is 0. The van der Waals surface area contributed by atoms with Crippen LogP contribution < -0.4 is 5.32 Å². The highest BCUT2D eigenvalue weighted by atomic mass is 32.1. The van der Waals surface area contributed by atoms with E-state index in [0.717, 1.165) is 23.9 Å². The number of rotatable bonds is 2. The second-order valence-electron chi connectivity index (χ2n) is 9.49. The van der Waals surface area contributed by atoms with Gasteiger partial charge in [0, 0.05) is 12.1 Å². The van der Waals surface area contributed by atoms with Gasteiger partial charge in [0.15, 0.2) is 0 Å². The highest BCUT2D eigenvalue weighted by Crippen LogP contribution is 2.41. The molecule has 0 heterocycles. The largest absolute Gasteiger partial charge is 0.311 e. The van der Waals surface area contributed by atoms with E-state index in [1.807, 2.05) is 0 Å². The summed E-state index contributed by atoms with van der Waals surface area (Å²) in [6, 6.07) is 1.51. The first-order valence-corrected chi connectivity index (χ1v) is 9.31. The van der Waals surface area contributed by atoms with Crippen molar-refractivity contribution in [3.63, 3.8) is 0 Å². The average molecular weight is 325 g/mol. The zero-order chi connectivity index (χ0) is 17.0. The minimum atomic E-state index is 0.533. The molecule has 4 atom stereocenters. The van der Waals surface area contributed by atoms with Crippen molar-refractivity contribution < 1.29 is 0 Å². The fraction of sp³-hybridized carbons (Fsp3) is 0.947. The fourth-order valence-electron chi connectivity index (χ4n) is 5.28. The van der Waals surface area contributed by atoms with E-state index in [-0.39, 0.29) is 0 Å². The Hall–Kier alpha value is -0.200. The van der Waals surface area contributed by atoms with Crippen molar-refractivity contribution in [2.45, 2.75) is 92.2 Å².